The number of allylic oxidation sites excluding steroid dienone is 4. The van der Waals surface area contributed by atoms with Crippen molar-refractivity contribution in [2.24, 2.45) is 0 Å². The fourth-order valence-electron chi connectivity index (χ4n) is 1.75. The molecule has 1 aliphatic carbocycles. The van der Waals surface area contributed by atoms with Crippen molar-refractivity contribution < 1.29 is 25.9 Å². The molecular formula is C13H21INO-. The standard InChI is InChI=1S/C13H21INO/c1-6-16-12-7-10(2)8-13(3,14-4)9-11(12)15-5/h7-9,15H,6H2,1-5H3/q-1. The van der Waals surface area contributed by atoms with Gasteiger partial charge in [0.05, 0.1) is 0 Å². The molecule has 0 fully saturated rings. The Kier molecular flexibility index (Phi) is 4.89. The zero-order valence-corrected chi connectivity index (χ0v) is 12.9. The number of ether oxygens (including phenoxy) is 1. The maximum absolute atomic E-state index is 5.68. The summed E-state index contributed by atoms with van der Waals surface area (Å²) in [5, 5.41) is 3.24. The van der Waals surface area contributed by atoms with Crippen LogP contribution in [-0.2, 0) is 4.74 Å². The van der Waals surface area contributed by atoms with Crippen LogP contribution >= 0.6 is 0 Å². The molecule has 0 aliphatic heterocycles. The number of alkyl halides is 2. The fourth-order valence-corrected chi connectivity index (χ4v) is 3.17. The summed E-state index contributed by atoms with van der Waals surface area (Å²) in [5.74, 6) is 0.958. The molecule has 0 saturated heterocycles. The second kappa shape index (κ2) is 5.75. The fraction of sp³-hybridized carbons (Fsp3) is 0.538. The zero-order valence-electron chi connectivity index (χ0n) is 10.7. The van der Waals surface area contributed by atoms with Crippen molar-refractivity contribution in [1.82, 2.24) is 5.32 Å². The molecule has 0 aromatic rings. The summed E-state index contributed by atoms with van der Waals surface area (Å²) in [7, 11) is 1.95. The molecule has 1 unspecified atom stereocenters. The van der Waals surface area contributed by atoms with Crippen molar-refractivity contribution in [3.63, 3.8) is 0 Å². The molecule has 0 bridgehead atoms. The van der Waals surface area contributed by atoms with Crippen LogP contribution in [0.2, 0.25) is 0 Å². The van der Waals surface area contributed by atoms with E-state index in [0.717, 1.165) is 11.5 Å². The van der Waals surface area contributed by atoms with Crippen LogP contribution in [0.25, 0.3) is 0 Å². The van der Waals surface area contributed by atoms with Crippen molar-refractivity contribution in [3.8, 4) is 0 Å². The second-order valence-electron chi connectivity index (χ2n) is 3.98. The predicted molar refractivity (Wildman–Crippen MR) is 64.9 cm³/mol. The summed E-state index contributed by atoms with van der Waals surface area (Å²) < 4.78 is 5.90. The quantitative estimate of drug-likeness (QED) is 0.550. The molecule has 2 nitrogen and oxygen atoms in total. The topological polar surface area (TPSA) is 21.3 Å². The molecular weight excluding hydrogens is 313 g/mol. The first-order chi connectivity index (χ1) is 7.54. The molecule has 0 spiro atoms. The van der Waals surface area contributed by atoms with E-state index in [-0.39, 0.29) is 24.6 Å². The molecule has 1 aliphatic rings. The molecule has 0 aromatic carbocycles. The SMILES string of the molecule is CCOC1=CC(C)=CC(C)([I-]C)C=C1NC. The molecule has 92 valence electrons. The predicted octanol–water partition coefficient (Wildman–Crippen LogP) is -0.552. The van der Waals surface area contributed by atoms with Gasteiger partial charge in [0.15, 0.2) is 0 Å². The maximum atomic E-state index is 5.68. The van der Waals surface area contributed by atoms with Gasteiger partial charge >= 0.3 is 109 Å². The third-order valence-electron chi connectivity index (χ3n) is 2.54. The van der Waals surface area contributed by atoms with Crippen LogP contribution in [0.15, 0.2) is 35.3 Å². The van der Waals surface area contributed by atoms with Gasteiger partial charge < -0.3 is 0 Å². The van der Waals surface area contributed by atoms with Crippen molar-refractivity contribution >= 4 is 0 Å². The molecule has 1 N–H and O–H groups in total. The third-order valence-corrected chi connectivity index (χ3v) is 5.48. The van der Waals surface area contributed by atoms with Gasteiger partial charge in [-0.1, -0.05) is 0 Å². The van der Waals surface area contributed by atoms with Crippen LogP contribution < -0.4 is 26.5 Å². The first-order valence-corrected chi connectivity index (χ1v) is 8.74. The molecule has 16 heavy (non-hydrogen) atoms. The molecule has 0 amide bonds. The van der Waals surface area contributed by atoms with Crippen molar-refractivity contribution in [2.75, 3.05) is 18.6 Å². The summed E-state index contributed by atoms with van der Waals surface area (Å²) in [6, 6.07) is 0. The van der Waals surface area contributed by atoms with Crippen molar-refractivity contribution in [3.05, 3.63) is 35.3 Å². The number of halogens is 1. The molecule has 0 heterocycles. The Bertz CT molecular complexity index is 344. The monoisotopic (exact) mass is 334 g/mol. The van der Waals surface area contributed by atoms with Gasteiger partial charge in [-0.05, 0) is 0 Å². The van der Waals surface area contributed by atoms with E-state index >= 15 is 0 Å². The molecule has 0 radical (unpaired) electrons. The summed E-state index contributed by atoms with van der Waals surface area (Å²) in [5.41, 5.74) is 2.40. The minimum absolute atomic E-state index is 0.114. The average Bonchev–Trinajstić information content (AvgIpc) is 2.36. The van der Waals surface area contributed by atoms with E-state index in [1.54, 1.807) is 0 Å². The summed E-state index contributed by atoms with van der Waals surface area (Å²) in [6.45, 7) is 7.16. The average molecular weight is 334 g/mol. The van der Waals surface area contributed by atoms with E-state index in [0.29, 0.717) is 6.61 Å². The van der Waals surface area contributed by atoms with Crippen LogP contribution in [0, 0.1) is 0 Å². The van der Waals surface area contributed by atoms with Crippen LogP contribution in [-0.4, -0.2) is 22.0 Å². The van der Waals surface area contributed by atoms with E-state index in [2.05, 4.69) is 42.3 Å². The van der Waals surface area contributed by atoms with Gasteiger partial charge in [-0.25, -0.2) is 0 Å². The Morgan fingerprint density at radius 3 is 2.62 bits per heavy atom. The number of likely N-dealkylation sites (N-methyl/N-ethyl adjacent to an activating group) is 1. The minimum atomic E-state index is 0.114. The van der Waals surface area contributed by atoms with E-state index in [4.69, 9.17) is 4.74 Å². The van der Waals surface area contributed by atoms with Gasteiger partial charge in [-0.3, -0.25) is 0 Å². The van der Waals surface area contributed by atoms with Gasteiger partial charge in [0.2, 0.25) is 0 Å². The normalized spacial score (nSPS) is 25.4. The summed E-state index contributed by atoms with van der Waals surface area (Å²) in [4.78, 5) is 2.32. The number of hydrogen-bond acceptors (Lipinski definition) is 2. The molecule has 1 rings (SSSR count). The first kappa shape index (κ1) is 13.6. The molecule has 1 atom stereocenters. The van der Waals surface area contributed by atoms with E-state index in [9.17, 15) is 0 Å². The van der Waals surface area contributed by atoms with Gasteiger partial charge in [-0.15, -0.1) is 0 Å². The van der Waals surface area contributed by atoms with E-state index < -0.39 is 0 Å². The van der Waals surface area contributed by atoms with Gasteiger partial charge in [-0.2, -0.15) is 0 Å². The van der Waals surface area contributed by atoms with Crippen molar-refractivity contribution in [1.29, 1.82) is 0 Å². The Morgan fingerprint density at radius 2 is 2.12 bits per heavy atom. The van der Waals surface area contributed by atoms with Gasteiger partial charge in [0, 0.05) is 0 Å². The van der Waals surface area contributed by atoms with E-state index in [1.807, 2.05) is 14.0 Å². The molecule has 3 heteroatoms. The number of nitrogens with one attached hydrogen (secondary N) is 1. The third kappa shape index (κ3) is 3.27. The Balaban J connectivity index is 3.14. The van der Waals surface area contributed by atoms with Gasteiger partial charge in [0.1, 0.15) is 0 Å². The molecule has 0 saturated carbocycles. The summed E-state index contributed by atoms with van der Waals surface area (Å²) >= 11 is 0.114. The summed E-state index contributed by atoms with van der Waals surface area (Å²) in [6.07, 6.45) is 6.78. The second-order valence-corrected chi connectivity index (χ2v) is 7.38. The van der Waals surface area contributed by atoms with E-state index in [1.165, 1.54) is 5.57 Å². The molecule has 0 aromatic heterocycles. The number of rotatable bonds is 4. The van der Waals surface area contributed by atoms with Crippen molar-refractivity contribution in [2.45, 2.75) is 24.2 Å². The van der Waals surface area contributed by atoms with Gasteiger partial charge in [0.25, 0.3) is 0 Å². The van der Waals surface area contributed by atoms with Crippen LogP contribution in [0.4, 0.5) is 0 Å². The Morgan fingerprint density at radius 1 is 1.44 bits per heavy atom. The Labute approximate surface area is 109 Å². The first-order valence-electron chi connectivity index (χ1n) is 5.50. The van der Waals surface area contributed by atoms with Crippen LogP contribution in [0.1, 0.15) is 20.8 Å². The zero-order chi connectivity index (χ0) is 12.2. The van der Waals surface area contributed by atoms with Crippen LogP contribution in [0.3, 0.4) is 0 Å². The number of hydrogen-bond donors (Lipinski definition) is 1. The van der Waals surface area contributed by atoms with Crippen LogP contribution in [0.5, 0.6) is 0 Å². The Hall–Kier alpha value is -0.450.